The minimum Gasteiger partial charge on any atom is -0.355 e. The number of carbonyl (C=O) groups is 1. The van der Waals surface area contributed by atoms with Gasteiger partial charge >= 0.3 is 0 Å². The predicted molar refractivity (Wildman–Crippen MR) is 95.7 cm³/mol. The molecule has 0 spiro atoms. The number of aryl methyl sites for hydroxylation is 2. The van der Waals surface area contributed by atoms with Gasteiger partial charge in [0.1, 0.15) is 0 Å². The van der Waals surface area contributed by atoms with Crippen LogP contribution in [0.2, 0.25) is 0 Å². The van der Waals surface area contributed by atoms with Crippen molar-refractivity contribution in [2.75, 3.05) is 12.3 Å². The molecule has 0 aliphatic carbocycles. The molecule has 1 heterocycles. The molecule has 1 aromatic carbocycles. The van der Waals surface area contributed by atoms with E-state index in [1.807, 2.05) is 0 Å². The molecule has 122 valence electrons. The minimum atomic E-state index is -0.0750. The Kier molecular flexibility index (Phi) is 6.94. The minimum absolute atomic E-state index is 0.0170. The van der Waals surface area contributed by atoms with Crippen molar-refractivity contribution in [3.63, 3.8) is 0 Å². The van der Waals surface area contributed by atoms with E-state index >= 15 is 0 Å². The third-order valence-electron chi connectivity index (χ3n) is 3.44. The number of carbonyl (C=O) groups excluding carboxylic acids is 1. The van der Waals surface area contributed by atoms with Crippen LogP contribution in [0.5, 0.6) is 0 Å². The van der Waals surface area contributed by atoms with E-state index in [2.05, 4.69) is 36.5 Å². The van der Waals surface area contributed by atoms with Gasteiger partial charge in [-0.15, -0.1) is 0 Å². The third kappa shape index (κ3) is 6.32. The van der Waals surface area contributed by atoms with Crippen LogP contribution in [0.25, 0.3) is 0 Å². The number of rotatable bonds is 8. The molecule has 0 unspecified atom stereocenters. The molecular weight excluding hydrogens is 308 g/mol. The number of hydrogen-bond acceptors (Lipinski definition) is 3. The molecule has 1 N–H and O–H groups in total. The number of aromatic nitrogens is 1. The lowest BCUT2D eigenvalue weighted by molar-refractivity contribution is -0.121. The highest BCUT2D eigenvalue weighted by molar-refractivity contribution is 7.98. The summed E-state index contributed by atoms with van der Waals surface area (Å²) >= 11 is 1.80. The van der Waals surface area contributed by atoms with E-state index < -0.39 is 0 Å². The number of benzene rings is 1. The van der Waals surface area contributed by atoms with Gasteiger partial charge in [0.25, 0.3) is 5.56 Å². The van der Waals surface area contributed by atoms with Crippen molar-refractivity contribution < 1.29 is 4.79 Å². The monoisotopic (exact) mass is 330 g/mol. The molecular formula is C18H22N2O2S. The van der Waals surface area contributed by atoms with Crippen molar-refractivity contribution in [2.24, 2.45) is 0 Å². The molecule has 5 heteroatoms. The first kappa shape index (κ1) is 17.3. The Hall–Kier alpha value is -2.01. The number of thioether (sulfide) groups is 1. The molecule has 4 nitrogen and oxygen atoms in total. The zero-order chi connectivity index (χ0) is 16.5. The number of pyridine rings is 1. The van der Waals surface area contributed by atoms with Gasteiger partial charge in [0.05, 0.1) is 0 Å². The van der Waals surface area contributed by atoms with E-state index in [0.29, 0.717) is 19.5 Å². The number of nitrogens with one attached hydrogen (secondary N) is 1. The first-order valence-electron chi connectivity index (χ1n) is 7.70. The first-order chi connectivity index (χ1) is 11.1. The van der Waals surface area contributed by atoms with Crippen LogP contribution in [-0.2, 0) is 17.1 Å². The number of nitrogens with zero attached hydrogens (tertiary/aromatic N) is 1. The van der Waals surface area contributed by atoms with Gasteiger partial charge in [-0.1, -0.05) is 35.9 Å². The Morgan fingerprint density at radius 1 is 1.17 bits per heavy atom. The maximum absolute atomic E-state index is 11.8. The van der Waals surface area contributed by atoms with Crippen LogP contribution >= 0.6 is 11.8 Å². The van der Waals surface area contributed by atoms with E-state index in [1.54, 1.807) is 34.7 Å². The fourth-order valence-corrected chi connectivity index (χ4v) is 2.91. The van der Waals surface area contributed by atoms with E-state index in [4.69, 9.17) is 0 Å². The fraction of sp³-hybridized carbons (Fsp3) is 0.333. The Balaban J connectivity index is 1.59. The van der Waals surface area contributed by atoms with E-state index in [9.17, 15) is 9.59 Å². The van der Waals surface area contributed by atoms with Crippen LogP contribution in [0, 0.1) is 6.92 Å². The lowest BCUT2D eigenvalue weighted by Gasteiger charge is -2.07. The molecule has 2 aromatic rings. The summed E-state index contributed by atoms with van der Waals surface area (Å²) in [6.45, 7) is 3.15. The maximum Gasteiger partial charge on any atom is 0.250 e. The van der Waals surface area contributed by atoms with Crippen molar-refractivity contribution in [2.45, 2.75) is 25.6 Å². The Labute approximate surface area is 140 Å². The molecule has 0 aliphatic heterocycles. The molecule has 1 amide bonds. The highest BCUT2D eigenvalue weighted by atomic mass is 32.2. The summed E-state index contributed by atoms with van der Waals surface area (Å²) < 4.78 is 1.55. The van der Waals surface area contributed by atoms with E-state index in [-0.39, 0.29) is 11.5 Å². The summed E-state index contributed by atoms with van der Waals surface area (Å²) in [7, 11) is 0. The van der Waals surface area contributed by atoms with Crippen molar-refractivity contribution in [3.8, 4) is 0 Å². The van der Waals surface area contributed by atoms with Gasteiger partial charge in [0, 0.05) is 43.3 Å². The maximum atomic E-state index is 11.8. The molecule has 1 aromatic heterocycles. The van der Waals surface area contributed by atoms with Crippen LogP contribution in [0.15, 0.2) is 53.5 Å². The van der Waals surface area contributed by atoms with Crippen LogP contribution < -0.4 is 10.9 Å². The van der Waals surface area contributed by atoms with Gasteiger partial charge < -0.3 is 9.88 Å². The zero-order valence-corrected chi connectivity index (χ0v) is 14.1. The van der Waals surface area contributed by atoms with Crippen molar-refractivity contribution in [3.05, 3.63) is 70.1 Å². The van der Waals surface area contributed by atoms with Gasteiger partial charge in [0.15, 0.2) is 0 Å². The van der Waals surface area contributed by atoms with Crippen LogP contribution in [-0.4, -0.2) is 22.8 Å². The van der Waals surface area contributed by atoms with E-state index in [0.717, 1.165) is 11.5 Å². The Bertz CT molecular complexity index is 680. The second-order valence-electron chi connectivity index (χ2n) is 5.37. The van der Waals surface area contributed by atoms with Crippen molar-refractivity contribution in [1.82, 2.24) is 9.88 Å². The molecule has 0 atom stereocenters. The highest BCUT2D eigenvalue weighted by Gasteiger charge is 2.02. The van der Waals surface area contributed by atoms with Gasteiger partial charge in [-0.3, -0.25) is 9.59 Å². The van der Waals surface area contributed by atoms with Gasteiger partial charge in [-0.05, 0) is 18.6 Å². The molecule has 0 aliphatic rings. The molecule has 2 rings (SSSR count). The summed E-state index contributed by atoms with van der Waals surface area (Å²) in [6, 6.07) is 13.5. The second kappa shape index (κ2) is 9.20. The summed E-state index contributed by atoms with van der Waals surface area (Å²) in [5.41, 5.74) is 2.49. The molecule has 23 heavy (non-hydrogen) atoms. The lowest BCUT2D eigenvalue weighted by atomic mass is 10.2. The largest absolute Gasteiger partial charge is 0.355 e. The average molecular weight is 330 g/mol. The average Bonchev–Trinajstić information content (AvgIpc) is 2.55. The standard InChI is InChI=1S/C18H22N2O2S/c1-15-5-7-16(8-6-15)14-23-13-10-19-17(21)9-12-20-11-3-2-4-18(20)22/h2-8,11H,9-10,12-14H2,1H3,(H,19,21). The van der Waals surface area contributed by atoms with E-state index in [1.165, 1.54) is 17.2 Å². The molecule has 0 saturated heterocycles. The number of amides is 1. The van der Waals surface area contributed by atoms with Crippen LogP contribution in [0.3, 0.4) is 0 Å². The van der Waals surface area contributed by atoms with Crippen LogP contribution in [0.4, 0.5) is 0 Å². The number of hydrogen-bond donors (Lipinski definition) is 1. The summed E-state index contributed by atoms with van der Waals surface area (Å²) in [4.78, 5) is 23.3. The summed E-state index contributed by atoms with van der Waals surface area (Å²) in [5.74, 6) is 1.82. The molecule has 0 fully saturated rings. The van der Waals surface area contributed by atoms with Gasteiger partial charge in [0.2, 0.25) is 5.91 Å². The zero-order valence-electron chi connectivity index (χ0n) is 13.3. The molecule has 0 saturated carbocycles. The first-order valence-corrected chi connectivity index (χ1v) is 8.86. The Morgan fingerprint density at radius 3 is 2.70 bits per heavy atom. The smallest absolute Gasteiger partial charge is 0.250 e. The van der Waals surface area contributed by atoms with Gasteiger partial charge in [-0.25, -0.2) is 0 Å². The fourth-order valence-electron chi connectivity index (χ4n) is 2.09. The van der Waals surface area contributed by atoms with Crippen LogP contribution in [0.1, 0.15) is 17.5 Å². The lowest BCUT2D eigenvalue weighted by Crippen LogP contribution is -2.28. The van der Waals surface area contributed by atoms with Crippen molar-refractivity contribution >= 4 is 17.7 Å². The molecule has 0 bridgehead atoms. The predicted octanol–water partition coefficient (Wildman–Crippen LogP) is 2.60. The third-order valence-corrected chi connectivity index (χ3v) is 4.47. The second-order valence-corrected chi connectivity index (χ2v) is 6.48. The topological polar surface area (TPSA) is 51.1 Å². The van der Waals surface area contributed by atoms with Crippen molar-refractivity contribution in [1.29, 1.82) is 0 Å². The summed E-state index contributed by atoms with van der Waals surface area (Å²) in [5, 5.41) is 2.89. The van der Waals surface area contributed by atoms with Gasteiger partial charge in [-0.2, -0.15) is 11.8 Å². The normalized spacial score (nSPS) is 10.5. The molecule has 0 radical (unpaired) electrons. The Morgan fingerprint density at radius 2 is 1.96 bits per heavy atom. The highest BCUT2D eigenvalue weighted by Crippen LogP contribution is 2.12. The quantitative estimate of drug-likeness (QED) is 0.757. The SMILES string of the molecule is Cc1ccc(CSCCNC(=O)CCn2ccccc2=O)cc1. The summed E-state index contributed by atoms with van der Waals surface area (Å²) in [6.07, 6.45) is 2.03.